The van der Waals surface area contributed by atoms with E-state index in [2.05, 4.69) is 10.0 Å². The van der Waals surface area contributed by atoms with Crippen molar-refractivity contribution in [3.8, 4) is 0 Å². The SMILES string of the molecule is CC1Cc2c(sc(NC3CCCCO3)c2C(=O)O)CO1.O=C1N[SH3]c2ccccc21. The summed E-state index contributed by atoms with van der Waals surface area (Å²) in [6.07, 6.45) is 3.80. The van der Waals surface area contributed by atoms with Crippen LogP contribution in [0.4, 0.5) is 5.00 Å². The molecule has 1 aromatic heterocycles. The lowest BCUT2D eigenvalue weighted by Gasteiger charge is -2.24. The summed E-state index contributed by atoms with van der Waals surface area (Å²) >= 11 is 1.49. The van der Waals surface area contributed by atoms with Gasteiger partial charge in [-0.05, 0) is 43.9 Å². The molecule has 1 radical (unpaired) electrons. The van der Waals surface area contributed by atoms with Gasteiger partial charge in [0.2, 0.25) is 0 Å². The summed E-state index contributed by atoms with van der Waals surface area (Å²) in [5, 5.41) is 13.5. The minimum absolute atomic E-state index is 0.00255. The number of aromatic carboxylic acids is 1. The van der Waals surface area contributed by atoms with Crippen molar-refractivity contribution < 1.29 is 24.2 Å². The highest BCUT2D eigenvalue weighted by molar-refractivity contribution is 7.98. The number of carbonyl (C=O) groups excluding carboxylic acids is 1. The molecule has 1 aromatic carbocycles. The fourth-order valence-corrected chi connectivity index (χ4v) is 6.01. The maximum absolute atomic E-state index is 11.6. The normalized spacial score (nSPS) is 22.5. The molecule has 1 amide bonds. The van der Waals surface area contributed by atoms with Crippen LogP contribution in [0.3, 0.4) is 0 Å². The highest BCUT2D eigenvalue weighted by atomic mass is 32.2. The molecule has 1 saturated heterocycles. The molecule has 0 saturated carbocycles. The summed E-state index contributed by atoms with van der Waals surface area (Å²) in [6, 6.07) is 7.72. The standard InChI is InChI=1S/C14H19NO4S.C7H8NOS/c1-8-6-9-10(7-19-8)20-13(12(9)14(16)17)15-11-4-2-3-5-18-11;9-7-5-3-1-2-4-6(5)10-8-7/h8,11,15H,2-7H2,1H3,(H,16,17);1-4H,10H3,(H,8,9). The van der Waals surface area contributed by atoms with Crippen LogP contribution in [0.25, 0.3) is 0 Å². The Morgan fingerprint density at radius 1 is 1.30 bits per heavy atom. The van der Waals surface area contributed by atoms with Gasteiger partial charge in [-0.3, -0.25) is 4.79 Å². The Kier molecular flexibility index (Phi) is 6.62. The number of carboxylic acid groups (broad SMARTS) is 1. The molecule has 3 aliphatic heterocycles. The molecule has 2 unspecified atom stereocenters. The first-order valence-corrected chi connectivity index (χ1v) is 12.1. The molecule has 0 spiro atoms. The summed E-state index contributed by atoms with van der Waals surface area (Å²) < 4.78 is 14.1. The Bertz CT molecular complexity index is 939. The number of nitrogens with one attached hydrogen (secondary N) is 2. The number of thiophene rings is 1. The molecule has 9 heteroatoms. The van der Waals surface area contributed by atoms with Gasteiger partial charge in [0.05, 0.1) is 23.8 Å². The highest BCUT2D eigenvalue weighted by Gasteiger charge is 2.29. The van der Waals surface area contributed by atoms with E-state index in [0.717, 1.165) is 41.9 Å². The van der Waals surface area contributed by atoms with E-state index in [1.54, 1.807) is 0 Å². The zero-order valence-corrected chi connectivity index (χ0v) is 18.7. The predicted molar refractivity (Wildman–Crippen MR) is 120 cm³/mol. The van der Waals surface area contributed by atoms with E-state index in [4.69, 9.17) is 9.47 Å². The van der Waals surface area contributed by atoms with Crippen molar-refractivity contribution >= 4 is 40.2 Å². The van der Waals surface area contributed by atoms with Crippen molar-refractivity contribution in [2.24, 2.45) is 0 Å². The van der Waals surface area contributed by atoms with Gasteiger partial charge < -0.3 is 24.6 Å². The maximum atomic E-state index is 11.6. The van der Waals surface area contributed by atoms with Crippen LogP contribution in [-0.2, 0) is 22.5 Å². The van der Waals surface area contributed by atoms with Crippen molar-refractivity contribution in [2.75, 3.05) is 11.9 Å². The number of hydrogen-bond donors (Lipinski definition) is 3. The second-order valence-corrected chi connectivity index (χ2v) is 9.85. The Morgan fingerprint density at radius 3 is 2.87 bits per heavy atom. The lowest BCUT2D eigenvalue weighted by molar-refractivity contribution is 0.0344. The number of fused-ring (bicyclic) bond motifs is 2. The summed E-state index contributed by atoms with van der Waals surface area (Å²) in [5.41, 5.74) is 2.20. The van der Waals surface area contributed by atoms with Crippen LogP contribution in [0.5, 0.6) is 0 Å². The van der Waals surface area contributed by atoms with Crippen molar-refractivity contribution in [2.45, 2.75) is 56.4 Å². The smallest absolute Gasteiger partial charge is 0.338 e. The van der Waals surface area contributed by atoms with E-state index in [0.29, 0.717) is 23.6 Å². The third kappa shape index (κ3) is 4.64. The molecule has 0 aliphatic carbocycles. The Labute approximate surface area is 183 Å². The second-order valence-electron chi connectivity index (χ2n) is 7.54. The number of rotatable bonds is 3. The van der Waals surface area contributed by atoms with Gasteiger partial charge in [-0.1, -0.05) is 12.1 Å². The highest BCUT2D eigenvalue weighted by Crippen LogP contribution is 2.38. The van der Waals surface area contributed by atoms with Crippen LogP contribution in [0.15, 0.2) is 29.2 Å². The van der Waals surface area contributed by atoms with E-state index in [-0.39, 0.29) is 30.2 Å². The number of hydrogen-bond acceptors (Lipinski definition) is 6. The van der Waals surface area contributed by atoms with Gasteiger partial charge in [0.1, 0.15) is 11.2 Å². The first-order valence-electron chi connectivity index (χ1n) is 10.1. The number of amides is 1. The number of benzene rings is 1. The molecule has 3 aliphatic rings. The Balaban J connectivity index is 0.000000181. The number of carboxylic acids is 1. The number of ether oxygens (including phenoxy) is 2. The molecule has 163 valence electrons. The molecule has 30 heavy (non-hydrogen) atoms. The first-order chi connectivity index (χ1) is 14.5. The van der Waals surface area contributed by atoms with E-state index in [1.165, 1.54) is 16.2 Å². The van der Waals surface area contributed by atoms with Gasteiger partial charge >= 0.3 is 5.97 Å². The van der Waals surface area contributed by atoms with Crippen molar-refractivity contribution in [1.29, 1.82) is 0 Å². The summed E-state index contributed by atoms with van der Waals surface area (Å²) in [6.45, 7) is 3.23. The molecule has 3 N–H and O–H groups in total. The van der Waals surface area contributed by atoms with E-state index >= 15 is 0 Å². The molecule has 2 aromatic rings. The lowest BCUT2D eigenvalue weighted by Crippen LogP contribution is -2.27. The Morgan fingerprint density at radius 2 is 2.13 bits per heavy atom. The maximum Gasteiger partial charge on any atom is 0.338 e. The van der Waals surface area contributed by atoms with Gasteiger partial charge in [0.15, 0.2) is 0 Å². The fraction of sp³-hybridized carbons (Fsp3) is 0.429. The molecule has 4 heterocycles. The molecule has 7 nitrogen and oxygen atoms in total. The molecule has 2 atom stereocenters. The van der Waals surface area contributed by atoms with Crippen molar-refractivity contribution in [3.63, 3.8) is 0 Å². The molecule has 0 bridgehead atoms. The first kappa shape index (κ1) is 21.2. The second kappa shape index (κ2) is 9.38. The van der Waals surface area contributed by atoms with E-state index < -0.39 is 5.97 Å². The Hall–Kier alpha value is -2.07. The largest absolute Gasteiger partial charge is 0.478 e. The summed E-state index contributed by atoms with van der Waals surface area (Å²) in [4.78, 5) is 24.8. The monoisotopic (exact) mass is 451 g/mol. The van der Waals surface area contributed by atoms with Gasteiger partial charge in [0.25, 0.3) is 5.91 Å². The minimum atomic E-state index is -0.866. The van der Waals surface area contributed by atoms with Crippen molar-refractivity contribution in [3.05, 3.63) is 45.8 Å². The number of carbonyl (C=O) groups is 2. The van der Waals surface area contributed by atoms with Crippen LogP contribution in [0, 0.1) is 0 Å². The predicted octanol–water partition coefficient (Wildman–Crippen LogP) is 3.48. The lowest BCUT2D eigenvalue weighted by atomic mass is 10.0. The van der Waals surface area contributed by atoms with Gasteiger partial charge in [-0.15, -0.1) is 11.3 Å². The van der Waals surface area contributed by atoms with E-state index in [1.807, 2.05) is 31.2 Å². The zero-order valence-electron chi connectivity index (χ0n) is 16.8. The zero-order chi connectivity index (χ0) is 21.1. The molecule has 1 fully saturated rings. The third-order valence-electron chi connectivity index (χ3n) is 5.33. The summed E-state index contributed by atoms with van der Waals surface area (Å²) in [7, 11) is 0. The minimum Gasteiger partial charge on any atom is -0.478 e. The third-order valence-corrected chi connectivity index (χ3v) is 7.69. The number of anilines is 1. The topological polar surface area (TPSA) is 96.9 Å². The van der Waals surface area contributed by atoms with Gasteiger partial charge in [-0.25, -0.2) is 16.7 Å². The van der Waals surface area contributed by atoms with Gasteiger partial charge in [-0.2, -0.15) is 0 Å². The van der Waals surface area contributed by atoms with Crippen LogP contribution in [0.1, 0.15) is 57.3 Å². The van der Waals surface area contributed by atoms with Gasteiger partial charge in [0, 0.05) is 22.8 Å². The van der Waals surface area contributed by atoms with Crippen LogP contribution in [-0.4, -0.2) is 35.9 Å². The molecular weight excluding hydrogens is 424 g/mol. The quantitative estimate of drug-likeness (QED) is 0.661. The van der Waals surface area contributed by atoms with Crippen LogP contribution < -0.4 is 10.0 Å². The van der Waals surface area contributed by atoms with Crippen molar-refractivity contribution in [1.82, 2.24) is 4.72 Å². The summed E-state index contributed by atoms with van der Waals surface area (Å²) in [5.74, 6) is -0.777. The molecule has 5 rings (SSSR count). The average molecular weight is 452 g/mol. The van der Waals surface area contributed by atoms with E-state index in [9.17, 15) is 14.7 Å². The average Bonchev–Trinajstić information content (AvgIpc) is 3.29. The van der Waals surface area contributed by atoms with Crippen LogP contribution in [0.2, 0.25) is 0 Å². The van der Waals surface area contributed by atoms with Crippen LogP contribution >= 0.6 is 23.3 Å². The fourth-order valence-electron chi connectivity index (χ4n) is 3.79. The molecular formula is C21H27N2O5S2.